The summed E-state index contributed by atoms with van der Waals surface area (Å²) in [5.74, 6) is 0.730. The first kappa shape index (κ1) is 7.09. The first-order valence-corrected chi connectivity index (χ1v) is 3.10. The van der Waals surface area contributed by atoms with E-state index in [0.717, 1.165) is 5.75 Å². The normalized spacial score (nSPS) is 9.40. The Balaban J connectivity index is 2.69. The van der Waals surface area contributed by atoms with E-state index >= 15 is 0 Å². The van der Waals surface area contributed by atoms with Gasteiger partial charge in [-0.05, 0) is 19.1 Å². The molecule has 2 heteroatoms. The van der Waals surface area contributed by atoms with E-state index in [1.807, 2.05) is 31.2 Å². The Morgan fingerprint density at radius 1 is 1.10 bits per heavy atom. The SMILES string of the molecule is COOc1ccc(C)cc1. The van der Waals surface area contributed by atoms with Gasteiger partial charge >= 0.3 is 0 Å². The molecule has 1 aromatic rings. The van der Waals surface area contributed by atoms with E-state index < -0.39 is 0 Å². The van der Waals surface area contributed by atoms with Gasteiger partial charge in [0.15, 0.2) is 5.75 Å². The van der Waals surface area contributed by atoms with Gasteiger partial charge in [-0.2, -0.15) is 4.89 Å². The zero-order valence-corrected chi connectivity index (χ0v) is 6.13. The van der Waals surface area contributed by atoms with Gasteiger partial charge in [-0.15, -0.1) is 0 Å². The first-order valence-electron chi connectivity index (χ1n) is 3.10. The van der Waals surface area contributed by atoms with Gasteiger partial charge in [-0.25, -0.2) is 0 Å². The molecule has 1 aromatic carbocycles. The van der Waals surface area contributed by atoms with E-state index in [2.05, 4.69) is 4.89 Å². The summed E-state index contributed by atoms with van der Waals surface area (Å²) in [7, 11) is 1.49. The van der Waals surface area contributed by atoms with Gasteiger partial charge < -0.3 is 4.89 Å². The molecule has 0 spiro atoms. The first-order chi connectivity index (χ1) is 4.83. The quantitative estimate of drug-likeness (QED) is 0.459. The highest BCUT2D eigenvalue weighted by Crippen LogP contribution is 2.10. The molecule has 0 aliphatic rings. The van der Waals surface area contributed by atoms with Crippen LogP contribution in [0.3, 0.4) is 0 Å². The molecular formula is C8H10O2. The molecule has 0 saturated heterocycles. The third-order valence-electron chi connectivity index (χ3n) is 1.20. The summed E-state index contributed by atoms with van der Waals surface area (Å²) in [6, 6.07) is 7.65. The Bertz CT molecular complexity index is 191. The fourth-order valence-corrected chi connectivity index (χ4v) is 0.690. The van der Waals surface area contributed by atoms with Crippen molar-refractivity contribution in [3.05, 3.63) is 29.8 Å². The Labute approximate surface area is 60.3 Å². The van der Waals surface area contributed by atoms with E-state index in [4.69, 9.17) is 4.89 Å². The highest BCUT2D eigenvalue weighted by molar-refractivity contribution is 5.25. The van der Waals surface area contributed by atoms with E-state index in [0.29, 0.717) is 0 Å². The smallest absolute Gasteiger partial charge is 0.165 e. The Kier molecular flexibility index (Phi) is 2.29. The molecule has 10 heavy (non-hydrogen) atoms. The van der Waals surface area contributed by atoms with Crippen LogP contribution in [0.15, 0.2) is 24.3 Å². The Morgan fingerprint density at radius 2 is 1.70 bits per heavy atom. The van der Waals surface area contributed by atoms with Crippen molar-refractivity contribution in [2.75, 3.05) is 7.11 Å². The maximum Gasteiger partial charge on any atom is 0.165 e. The lowest BCUT2D eigenvalue weighted by molar-refractivity contribution is -0.178. The molecule has 0 atom stereocenters. The summed E-state index contributed by atoms with van der Waals surface area (Å²) in [4.78, 5) is 9.23. The van der Waals surface area contributed by atoms with E-state index in [1.165, 1.54) is 12.7 Å². The van der Waals surface area contributed by atoms with Crippen molar-refractivity contribution in [2.45, 2.75) is 6.92 Å². The summed E-state index contributed by atoms with van der Waals surface area (Å²) >= 11 is 0. The van der Waals surface area contributed by atoms with Crippen molar-refractivity contribution in [1.29, 1.82) is 0 Å². The van der Waals surface area contributed by atoms with Crippen LogP contribution in [0, 0.1) is 6.92 Å². The third-order valence-corrected chi connectivity index (χ3v) is 1.20. The van der Waals surface area contributed by atoms with Crippen molar-refractivity contribution in [2.24, 2.45) is 0 Å². The minimum Gasteiger partial charge on any atom is -0.338 e. The van der Waals surface area contributed by atoms with Crippen LogP contribution in [0.5, 0.6) is 5.75 Å². The molecule has 0 aliphatic carbocycles. The number of aryl methyl sites for hydroxylation is 1. The summed E-state index contributed by atoms with van der Waals surface area (Å²) in [6.07, 6.45) is 0. The second-order valence-electron chi connectivity index (χ2n) is 2.06. The summed E-state index contributed by atoms with van der Waals surface area (Å²) in [5.41, 5.74) is 1.21. The molecule has 54 valence electrons. The summed E-state index contributed by atoms with van der Waals surface area (Å²) in [5, 5.41) is 0. The summed E-state index contributed by atoms with van der Waals surface area (Å²) in [6.45, 7) is 2.02. The average molecular weight is 138 g/mol. The third kappa shape index (κ3) is 1.74. The lowest BCUT2D eigenvalue weighted by Crippen LogP contribution is -1.89. The second kappa shape index (κ2) is 3.22. The van der Waals surface area contributed by atoms with Gasteiger partial charge in [0.25, 0.3) is 0 Å². The molecule has 0 saturated carbocycles. The largest absolute Gasteiger partial charge is 0.338 e. The fourth-order valence-electron chi connectivity index (χ4n) is 0.690. The zero-order valence-electron chi connectivity index (χ0n) is 6.13. The average Bonchev–Trinajstić information content (AvgIpc) is 1.95. The fraction of sp³-hybridized carbons (Fsp3) is 0.250. The predicted octanol–water partition coefficient (Wildman–Crippen LogP) is 1.94. The minimum absolute atomic E-state index is 0.730. The van der Waals surface area contributed by atoms with Crippen molar-refractivity contribution in [3.8, 4) is 5.75 Å². The van der Waals surface area contributed by atoms with Crippen LogP contribution >= 0.6 is 0 Å². The van der Waals surface area contributed by atoms with E-state index in [-0.39, 0.29) is 0 Å². The van der Waals surface area contributed by atoms with Crippen LogP contribution in [0.1, 0.15) is 5.56 Å². The van der Waals surface area contributed by atoms with Gasteiger partial charge in [0.05, 0.1) is 7.11 Å². The molecule has 0 heterocycles. The van der Waals surface area contributed by atoms with Crippen LogP contribution in [0.25, 0.3) is 0 Å². The van der Waals surface area contributed by atoms with Crippen molar-refractivity contribution >= 4 is 0 Å². The van der Waals surface area contributed by atoms with Crippen LogP contribution in [0.4, 0.5) is 0 Å². The molecule has 1 rings (SSSR count). The van der Waals surface area contributed by atoms with Crippen LogP contribution in [-0.4, -0.2) is 7.11 Å². The van der Waals surface area contributed by atoms with Gasteiger partial charge in [0.1, 0.15) is 0 Å². The van der Waals surface area contributed by atoms with Crippen molar-refractivity contribution < 1.29 is 9.78 Å². The zero-order chi connectivity index (χ0) is 7.40. The van der Waals surface area contributed by atoms with Crippen LogP contribution < -0.4 is 4.89 Å². The van der Waals surface area contributed by atoms with Gasteiger partial charge in [0, 0.05) is 0 Å². The minimum atomic E-state index is 0.730. The number of hydrogen-bond donors (Lipinski definition) is 0. The molecule has 0 amide bonds. The molecule has 0 aliphatic heterocycles. The predicted molar refractivity (Wildman–Crippen MR) is 38.8 cm³/mol. The number of hydrogen-bond acceptors (Lipinski definition) is 2. The molecule has 0 N–H and O–H groups in total. The summed E-state index contributed by atoms with van der Waals surface area (Å²) < 4.78 is 0. The standard InChI is InChI=1S/C8H10O2/c1-7-3-5-8(6-4-7)10-9-2/h3-6H,1-2H3. The second-order valence-corrected chi connectivity index (χ2v) is 2.06. The van der Waals surface area contributed by atoms with Gasteiger partial charge in [-0.3, -0.25) is 0 Å². The van der Waals surface area contributed by atoms with E-state index in [1.54, 1.807) is 0 Å². The van der Waals surface area contributed by atoms with Gasteiger partial charge in [0.2, 0.25) is 0 Å². The molecule has 0 bridgehead atoms. The molecule has 0 aromatic heterocycles. The lowest BCUT2D eigenvalue weighted by atomic mass is 10.2. The van der Waals surface area contributed by atoms with Crippen LogP contribution in [0.2, 0.25) is 0 Å². The topological polar surface area (TPSA) is 18.5 Å². The number of benzene rings is 1. The molecule has 0 unspecified atom stereocenters. The van der Waals surface area contributed by atoms with Gasteiger partial charge in [-0.1, -0.05) is 17.7 Å². The monoisotopic (exact) mass is 138 g/mol. The maximum absolute atomic E-state index is 4.76. The lowest BCUT2D eigenvalue weighted by Gasteiger charge is -1.99. The molecular weight excluding hydrogens is 128 g/mol. The highest BCUT2D eigenvalue weighted by Gasteiger charge is 1.89. The Hall–Kier alpha value is -1.02. The van der Waals surface area contributed by atoms with E-state index in [9.17, 15) is 0 Å². The maximum atomic E-state index is 4.76. The molecule has 0 radical (unpaired) electrons. The Morgan fingerprint density at radius 3 is 2.20 bits per heavy atom. The van der Waals surface area contributed by atoms with Crippen molar-refractivity contribution in [1.82, 2.24) is 0 Å². The highest BCUT2D eigenvalue weighted by atomic mass is 17.2. The molecule has 2 nitrogen and oxygen atoms in total. The number of rotatable bonds is 2. The molecule has 0 fully saturated rings. The van der Waals surface area contributed by atoms with Crippen LogP contribution in [-0.2, 0) is 4.89 Å². The van der Waals surface area contributed by atoms with Crippen molar-refractivity contribution in [3.63, 3.8) is 0 Å².